The average molecular weight is 486 g/mol. The number of rotatable bonds is 3. The predicted octanol–water partition coefficient (Wildman–Crippen LogP) is 4.93. The molecule has 1 N–H and O–H groups in total. The van der Waals surface area contributed by atoms with Crippen molar-refractivity contribution < 1.29 is 19.3 Å². The number of hydrogen-bond acceptors (Lipinski definition) is 5. The highest BCUT2D eigenvalue weighted by Gasteiger charge is 2.43. The van der Waals surface area contributed by atoms with Crippen molar-refractivity contribution in [1.82, 2.24) is 10.0 Å². The Bertz CT molecular complexity index is 1550. The summed E-state index contributed by atoms with van der Waals surface area (Å²) >= 11 is 0. The van der Waals surface area contributed by atoms with Gasteiger partial charge in [0.15, 0.2) is 6.17 Å². The van der Waals surface area contributed by atoms with Gasteiger partial charge in [-0.3, -0.25) is 14.8 Å². The van der Waals surface area contributed by atoms with E-state index >= 15 is 4.39 Å². The maximum atomic E-state index is 15.0. The van der Waals surface area contributed by atoms with E-state index in [4.69, 9.17) is 6.36 Å². The third kappa shape index (κ3) is 3.61. The first-order chi connectivity index (χ1) is 17.9. The normalized spacial score (nSPS) is 21.5. The standard InChI is InChI=1S/C27H18F3N5O/c28-17-10-11-18(21(30)14-17)22-15-23-31-12-5-13-34(23)35(22)26-27(36)33-25-19(8-4-9-20(25)29)24(32-26)16-6-2-1-3-7-16/h1-15,22,26H,(H,33,36)/t22?,26-/m0/s1/i15D. The third-order valence-corrected chi connectivity index (χ3v) is 6.06. The number of para-hydroxylation sites is 1. The van der Waals surface area contributed by atoms with Crippen molar-refractivity contribution in [3.05, 3.63) is 125 Å². The first-order valence-corrected chi connectivity index (χ1v) is 11.1. The number of hydrogen-bond donors (Lipinski definition) is 1. The van der Waals surface area contributed by atoms with Gasteiger partial charge < -0.3 is 5.32 Å². The van der Waals surface area contributed by atoms with Crippen LogP contribution in [0.2, 0.25) is 0 Å². The van der Waals surface area contributed by atoms with Crippen LogP contribution in [-0.2, 0) is 4.79 Å². The molecule has 0 aromatic heterocycles. The molecule has 2 atom stereocenters. The van der Waals surface area contributed by atoms with Gasteiger partial charge in [-0.1, -0.05) is 48.5 Å². The van der Waals surface area contributed by atoms with Crippen LogP contribution in [0.25, 0.3) is 0 Å². The number of fused-ring (bicyclic) bond motifs is 2. The van der Waals surface area contributed by atoms with E-state index in [1.165, 1.54) is 34.4 Å². The van der Waals surface area contributed by atoms with Crippen molar-refractivity contribution in [2.45, 2.75) is 12.2 Å². The number of benzene rings is 3. The minimum atomic E-state index is -1.37. The zero-order valence-corrected chi connectivity index (χ0v) is 18.6. The quantitative estimate of drug-likeness (QED) is 0.571. The van der Waals surface area contributed by atoms with Gasteiger partial charge in [0.25, 0.3) is 5.91 Å². The second-order valence-electron chi connectivity index (χ2n) is 8.25. The summed E-state index contributed by atoms with van der Waals surface area (Å²) in [6.07, 6.45) is 3.27. The van der Waals surface area contributed by atoms with Crippen LogP contribution in [0.3, 0.4) is 0 Å². The molecular weight excluding hydrogens is 467 g/mol. The SMILES string of the molecule is [2H]C1=C2N=CC=CN2N([C@@H]2N=C(c3ccccc3)c3cccc(F)c3NC2=O)C1c1ccc(F)cc1F. The Labute approximate surface area is 205 Å². The molecule has 3 heterocycles. The molecule has 3 aliphatic heterocycles. The van der Waals surface area contributed by atoms with E-state index < -0.39 is 35.6 Å². The summed E-state index contributed by atoms with van der Waals surface area (Å²) in [6.45, 7) is 0. The van der Waals surface area contributed by atoms with E-state index in [0.29, 0.717) is 16.8 Å². The smallest absolute Gasteiger partial charge is 0.266 e. The second kappa shape index (κ2) is 8.62. The number of allylic oxidation sites excluding steroid dienone is 1. The number of carbonyl (C=O) groups excluding carboxylic acids is 1. The Morgan fingerprint density at radius 2 is 1.81 bits per heavy atom. The van der Waals surface area contributed by atoms with Gasteiger partial charge in [-0.15, -0.1) is 0 Å². The van der Waals surface area contributed by atoms with Gasteiger partial charge in [-0.25, -0.2) is 18.2 Å². The van der Waals surface area contributed by atoms with Crippen molar-refractivity contribution in [2.24, 2.45) is 9.98 Å². The molecule has 1 amide bonds. The van der Waals surface area contributed by atoms with E-state index in [0.717, 1.165) is 12.1 Å². The van der Waals surface area contributed by atoms with Crippen LogP contribution in [0.4, 0.5) is 18.9 Å². The van der Waals surface area contributed by atoms with Gasteiger partial charge in [0.1, 0.15) is 23.3 Å². The van der Waals surface area contributed by atoms with Crippen LogP contribution >= 0.6 is 0 Å². The molecule has 178 valence electrons. The number of anilines is 1. The van der Waals surface area contributed by atoms with Gasteiger partial charge in [0.2, 0.25) is 0 Å². The molecule has 0 saturated carbocycles. The molecule has 0 fully saturated rings. The summed E-state index contributed by atoms with van der Waals surface area (Å²) in [7, 11) is 0. The zero-order chi connectivity index (χ0) is 25.7. The topological polar surface area (TPSA) is 60.3 Å². The molecule has 3 aromatic carbocycles. The molecule has 6 rings (SSSR count). The fraction of sp³-hybridized carbons (Fsp3) is 0.0741. The molecule has 0 aliphatic carbocycles. The van der Waals surface area contributed by atoms with E-state index in [2.05, 4.69) is 10.3 Å². The van der Waals surface area contributed by atoms with Gasteiger partial charge in [-0.05, 0) is 24.3 Å². The fourth-order valence-corrected chi connectivity index (χ4v) is 4.46. The Morgan fingerprint density at radius 1 is 0.972 bits per heavy atom. The highest BCUT2D eigenvalue weighted by Crippen LogP contribution is 2.40. The summed E-state index contributed by atoms with van der Waals surface area (Å²) < 4.78 is 52.5. The molecule has 3 aromatic rings. The first-order valence-electron chi connectivity index (χ1n) is 11.6. The number of carbonyl (C=O) groups is 1. The van der Waals surface area contributed by atoms with Crippen molar-refractivity contribution in [3.8, 4) is 0 Å². The summed E-state index contributed by atoms with van der Waals surface area (Å²) in [5, 5.41) is 5.47. The molecule has 3 aliphatic rings. The highest BCUT2D eigenvalue weighted by atomic mass is 19.1. The number of halogens is 3. The zero-order valence-electron chi connectivity index (χ0n) is 19.6. The van der Waals surface area contributed by atoms with E-state index in [1.54, 1.807) is 42.6 Å². The van der Waals surface area contributed by atoms with Crippen LogP contribution in [-0.4, -0.2) is 34.0 Å². The molecule has 0 radical (unpaired) electrons. The van der Waals surface area contributed by atoms with Crippen molar-refractivity contribution in [3.63, 3.8) is 0 Å². The monoisotopic (exact) mass is 486 g/mol. The van der Waals surface area contributed by atoms with Crippen LogP contribution in [0.1, 0.15) is 24.1 Å². The lowest BCUT2D eigenvalue weighted by molar-refractivity contribution is -0.126. The number of nitrogens with zero attached hydrogens (tertiary/aromatic N) is 4. The van der Waals surface area contributed by atoms with Crippen LogP contribution in [0, 0.1) is 17.5 Å². The van der Waals surface area contributed by atoms with E-state index in [9.17, 15) is 13.6 Å². The number of aliphatic imine (C=N–C) groups is 2. The summed E-state index contributed by atoms with van der Waals surface area (Å²) in [4.78, 5) is 22.7. The molecule has 1 unspecified atom stereocenters. The Balaban J connectivity index is 1.56. The average Bonchev–Trinajstić information content (AvgIpc) is 3.09. The number of nitrogens with one attached hydrogen (secondary N) is 1. The largest absolute Gasteiger partial charge is 0.320 e. The molecular formula is C27H18F3N5O. The summed E-state index contributed by atoms with van der Waals surface area (Å²) in [5.74, 6) is -2.83. The highest BCUT2D eigenvalue weighted by molar-refractivity contribution is 6.19. The van der Waals surface area contributed by atoms with Crippen LogP contribution < -0.4 is 5.32 Å². The molecule has 0 spiro atoms. The van der Waals surface area contributed by atoms with Crippen molar-refractivity contribution >= 4 is 23.5 Å². The molecule has 0 bridgehead atoms. The lowest BCUT2D eigenvalue weighted by Crippen LogP contribution is -2.49. The van der Waals surface area contributed by atoms with Gasteiger partial charge in [-0.2, -0.15) is 5.01 Å². The maximum absolute atomic E-state index is 15.0. The molecule has 36 heavy (non-hydrogen) atoms. The van der Waals surface area contributed by atoms with E-state index in [-0.39, 0.29) is 23.1 Å². The minimum absolute atomic E-state index is 0.0332. The first kappa shape index (κ1) is 20.8. The van der Waals surface area contributed by atoms with Crippen molar-refractivity contribution in [1.29, 1.82) is 0 Å². The molecule has 0 saturated heterocycles. The number of amides is 1. The summed E-state index contributed by atoms with van der Waals surface area (Å²) in [6, 6.07) is 15.1. The molecule has 9 heteroatoms. The second-order valence-corrected chi connectivity index (χ2v) is 8.25. The lowest BCUT2D eigenvalue weighted by Gasteiger charge is -2.36. The third-order valence-electron chi connectivity index (χ3n) is 6.06. The van der Waals surface area contributed by atoms with Crippen LogP contribution in [0.5, 0.6) is 0 Å². The lowest BCUT2D eigenvalue weighted by atomic mass is 10.0. The Hall–Kier alpha value is -4.50. The number of hydrazine groups is 1. The van der Waals surface area contributed by atoms with Gasteiger partial charge in [0, 0.05) is 35.2 Å². The van der Waals surface area contributed by atoms with Crippen LogP contribution in [0.15, 0.2) is 101 Å². The fourth-order valence-electron chi connectivity index (χ4n) is 4.46. The summed E-state index contributed by atoms with van der Waals surface area (Å²) in [5.41, 5.74) is 1.27. The number of benzodiazepines with no additional fused rings is 1. The Kier molecular flexibility index (Phi) is 4.99. The van der Waals surface area contributed by atoms with Crippen molar-refractivity contribution in [2.75, 3.05) is 5.32 Å². The Morgan fingerprint density at radius 3 is 2.61 bits per heavy atom. The van der Waals surface area contributed by atoms with E-state index in [1.807, 2.05) is 6.07 Å². The minimum Gasteiger partial charge on any atom is -0.320 e. The molecule has 6 nitrogen and oxygen atoms in total. The van der Waals surface area contributed by atoms with Gasteiger partial charge in [0.05, 0.1) is 18.8 Å². The predicted molar refractivity (Wildman–Crippen MR) is 129 cm³/mol. The van der Waals surface area contributed by atoms with Gasteiger partial charge >= 0.3 is 0 Å². The maximum Gasteiger partial charge on any atom is 0.266 e.